The number of aromatic nitrogens is 2. The molecular formula is C24H20N4O2. The van der Waals surface area contributed by atoms with Crippen LogP contribution in [0.1, 0.15) is 22.1 Å². The number of anilines is 2. The second-order valence-corrected chi connectivity index (χ2v) is 6.99. The van der Waals surface area contributed by atoms with Gasteiger partial charge in [-0.1, -0.05) is 42.5 Å². The maximum Gasteiger partial charge on any atom is 0.262 e. The van der Waals surface area contributed by atoms with Crippen molar-refractivity contribution in [3.05, 3.63) is 102 Å². The van der Waals surface area contributed by atoms with E-state index < -0.39 is 6.17 Å². The highest BCUT2D eigenvalue weighted by atomic mass is 16.5. The van der Waals surface area contributed by atoms with Crippen molar-refractivity contribution >= 4 is 17.3 Å². The van der Waals surface area contributed by atoms with Crippen molar-refractivity contribution < 1.29 is 9.53 Å². The summed E-state index contributed by atoms with van der Waals surface area (Å²) in [6.07, 6.45) is 3.30. The number of para-hydroxylation sites is 4. The third-order valence-electron chi connectivity index (χ3n) is 5.21. The fourth-order valence-corrected chi connectivity index (χ4v) is 3.76. The molecule has 1 amide bonds. The predicted octanol–water partition coefficient (Wildman–Crippen LogP) is 4.65. The summed E-state index contributed by atoms with van der Waals surface area (Å²) >= 11 is 0. The normalized spacial score (nSPS) is 15.4. The summed E-state index contributed by atoms with van der Waals surface area (Å²) in [5, 5.41) is 8.03. The molecule has 0 fully saturated rings. The topological polar surface area (TPSA) is 59.4 Å². The molecule has 2 heterocycles. The van der Waals surface area contributed by atoms with Crippen LogP contribution in [0.4, 0.5) is 11.4 Å². The van der Waals surface area contributed by atoms with Crippen molar-refractivity contribution in [2.24, 2.45) is 0 Å². The van der Waals surface area contributed by atoms with Crippen LogP contribution < -0.4 is 15.0 Å². The Hall–Kier alpha value is -4.06. The summed E-state index contributed by atoms with van der Waals surface area (Å²) in [5.41, 5.74) is 3.94. The first kappa shape index (κ1) is 18.0. The van der Waals surface area contributed by atoms with Gasteiger partial charge in [0.2, 0.25) is 0 Å². The molecule has 0 saturated carbocycles. The van der Waals surface area contributed by atoms with Crippen LogP contribution in [0.25, 0.3) is 5.69 Å². The zero-order valence-electron chi connectivity index (χ0n) is 16.4. The minimum Gasteiger partial charge on any atom is -0.495 e. The first-order chi connectivity index (χ1) is 14.8. The van der Waals surface area contributed by atoms with Gasteiger partial charge in [-0.3, -0.25) is 9.69 Å². The van der Waals surface area contributed by atoms with E-state index in [1.54, 1.807) is 18.2 Å². The zero-order chi connectivity index (χ0) is 20.5. The lowest BCUT2D eigenvalue weighted by Gasteiger charge is -2.37. The van der Waals surface area contributed by atoms with E-state index in [2.05, 4.69) is 10.4 Å². The molecule has 3 aromatic carbocycles. The van der Waals surface area contributed by atoms with E-state index in [9.17, 15) is 4.79 Å². The lowest BCUT2D eigenvalue weighted by Crippen LogP contribution is -2.43. The highest BCUT2D eigenvalue weighted by molar-refractivity contribution is 6.12. The summed E-state index contributed by atoms with van der Waals surface area (Å²) in [6.45, 7) is 0. The van der Waals surface area contributed by atoms with E-state index in [1.165, 1.54) is 0 Å². The maximum absolute atomic E-state index is 13.5. The van der Waals surface area contributed by atoms with Crippen molar-refractivity contribution in [3.8, 4) is 11.4 Å². The zero-order valence-corrected chi connectivity index (χ0v) is 16.4. The van der Waals surface area contributed by atoms with E-state index >= 15 is 0 Å². The summed E-state index contributed by atoms with van der Waals surface area (Å²) in [7, 11) is 1.61. The Morgan fingerprint density at radius 2 is 1.67 bits per heavy atom. The minimum absolute atomic E-state index is 0.0914. The summed E-state index contributed by atoms with van der Waals surface area (Å²) in [6, 6.07) is 25.0. The SMILES string of the molecule is COc1ccccc1N1C(=O)c2ccccc2N[C@H]1c1cnn(-c2ccccc2)c1. The molecule has 0 radical (unpaired) electrons. The Balaban J connectivity index is 1.63. The number of rotatable bonds is 4. The molecule has 1 aliphatic rings. The first-order valence-electron chi connectivity index (χ1n) is 9.68. The number of nitrogens with zero attached hydrogens (tertiary/aromatic N) is 3. The Kier molecular flexibility index (Phi) is 4.44. The van der Waals surface area contributed by atoms with Crippen molar-refractivity contribution in [1.82, 2.24) is 9.78 Å². The predicted molar refractivity (Wildman–Crippen MR) is 116 cm³/mol. The molecule has 0 saturated heterocycles. The Bertz CT molecular complexity index is 1200. The monoisotopic (exact) mass is 396 g/mol. The summed E-state index contributed by atoms with van der Waals surface area (Å²) in [4.78, 5) is 15.3. The molecule has 4 aromatic rings. The number of benzene rings is 3. The molecule has 0 spiro atoms. The maximum atomic E-state index is 13.5. The van der Waals surface area contributed by atoms with Gasteiger partial charge in [-0.05, 0) is 36.4 Å². The van der Waals surface area contributed by atoms with Crippen molar-refractivity contribution in [1.29, 1.82) is 0 Å². The highest BCUT2D eigenvalue weighted by Gasteiger charge is 2.36. The van der Waals surface area contributed by atoms with Crippen LogP contribution in [-0.2, 0) is 0 Å². The number of amides is 1. The molecule has 6 heteroatoms. The van der Waals surface area contributed by atoms with Gasteiger partial charge in [0.05, 0.1) is 30.2 Å². The van der Waals surface area contributed by atoms with E-state index in [1.807, 2.05) is 89.7 Å². The first-order valence-corrected chi connectivity index (χ1v) is 9.68. The van der Waals surface area contributed by atoms with Gasteiger partial charge in [0.15, 0.2) is 0 Å². The lowest BCUT2D eigenvalue weighted by molar-refractivity contribution is 0.0974. The molecule has 1 aromatic heterocycles. The highest BCUT2D eigenvalue weighted by Crippen LogP contribution is 2.40. The second-order valence-electron chi connectivity index (χ2n) is 6.99. The standard InChI is InChI=1S/C24H20N4O2/c1-30-22-14-8-7-13-21(22)28-23(26-20-12-6-5-11-19(20)24(28)29)17-15-25-27(16-17)18-9-3-2-4-10-18/h2-16,23,26H,1H3/t23-/m1/s1. The third-order valence-corrected chi connectivity index (χ3v) is 5.21. The summed E-state index contributed by atoms with van der Waals surface area (Å²) in [5.74, 6) is 0.541. The Labute approximate surface area is 174 Å². The second kappa shape index (κ2) is 7.40. The van der Waals surface area contributed by atoms with Crippen LogP contribution in [-0.4, -0.2) is 22.8 Å². The largest absolute Gasteiger partial charge is 0.495 e. The average Bonchev–Trinajstić information content (AvgIpc) is 3.30. The molecule has 0 bridgehead atoms. The number of hydrogen-bond acceptors (Lipinski definition) is 4. The molecule has 6 nitrogen and oxygen atoms in total. The number of carbonyl (C=O) groups is 1. The van der Waals surface area contributed by atoms with Gasteiger partial charge < -0.3 is 10.1 Å². The molecule has 1 aliphatic heterocycles. The van der Waals surface area contributed by atoms with Gasteiger partial charge in [-0.15, -0.1) is 0 Å². The quantitative estimate of drug-likeness (QED) is 0.545. The van der Waals surface area contributed by atoms with E-state index in [4.69, 9.17) is 4.74 Å². The van der Waals surface area contributed by atoms with Crippen LogP contribution in [0.2, 0.25) is 0 Å². The number of hydrogen-bond donors (Lipinski definition) is 1. The Morgan fingerprint density at radius 1 is 0.933 bits per heavy atom. The molecular weight excluding hydrogens is 376 g/mol. The number of carbonyl (C=O) groups excluding carboxylic acids is 1. The number of fused-ring (bicyclic) bond motifs is 1. The molecule has 1 atom stereocenters. The van der Waals surface area contributed by atoms with Crippen molar-refractivity contribution in [2.75, 3.05) is 17.3 Å². The van der Waals surface area contributed by atoms with Gasteiger partial charge >= 0.3 is 0 Å². The van der Waals surface area contributed by atoms with Crippen LogP contribution >= 0.6 is 0 Å². The minimum atomic E-state index is -0.429. The van der Waals surface area contributed by atoms with E-state index in [0.717, 1.165) is 16.9 Å². The van der Waals surface area contributed by atoms with Gasteiger partial charge in [0.25, 0.3) is 5.91 Å². The van der Waals surface area contributed by atoms with E-state index in [-0.39, 0.29) is 5.91 Å². The molecule has 0 unspecified atom stereocenters. The molecule has 30 heavy (non-hydrogen) atoms. The lowest BCUT2D eigenvalue weighted by atomic mass is 10.0. The van der Waals surface area contributed by atoms with Crippen LogP contribution in [0.5, 0.6) is 5.75 Å². The number of nitrogens with one attached hydrogen (secondary N) is 1. The van der Waals surface area contributed by atoms with Crippen LogP contribution in [0.3, 0.4) is 0 Å². The third kappa shape index (κ3) is 2.99. The molecule has 148 valence electrons. The Morgan fingerprint density at radius 3 is 2.50 bits per heavy atom. The van der Waals surface area contributed by atoms with Crippen molar-refractivity contribution in [3.63, 3.8) is 0 Å². The molecule has 1 N–H and O–H groups in total. The smallest absolute Gasteiger partial charge is 0.262 e. The summed E-state index contributed by atoms with van der Waals surface area (Å²) < 4.78 is 7.36. The fourth-order valence-electron chi connectivity index (χ4n) is 3.76. The van der Waals surface area contributed by atoms with Crippen molar-refractivity contribution in [2.45, 2.75) is 6.17 Å². The van der Waals surface area contributed by atoms with Gasteiger partial charge in [-0.25, -0.2) is 4.68 Å². The molecule has 5 rings (SSSR count). The van der Waals surface area contributed by atoms with Crippen LogP contribution in [0, 0.1) is 0 Å². The number of methoxy groups -OCH3 is 1. The fraction of sp³-hybridized carbons (Fsp3) is 0.0833. The van der Waals surface area contributed by atoms with Gasteiger partial charge in [0, 0.05) is 17.4 Å². The van der Waals surface area contributed by atoms with Crippen LogP contribution in [0.15, 0.2) is 91.3 Å². The van der Waals surface area contributed by atoms with Gasteiger partial charge in [0.1, 0.15) is 11.9 Å². The van der Waals surface area contributed by atoms with Gasteiger partial charge in [-0.2, -0.15) is 5.10 Å². The number of ether oxygens (including phenoxy) is 1. The van der Waals surface area contributed by atoms with E-state index in [0.29, 0.717) is 17.0 Å². The molecule has 0 aliphatic carbocycles. The average molecular weight is 396 g/mol.